The third-order valence-electron chi connectivity index (χ3n) is 4.59. The van der Waals surface area contributed by atoms with Crippen LogP contribution < -0.4 is 20.9 Å². The first-order valence-electron chi connectivity index (χ1n) is 9.07. The topological polar surface area (TPSA) is 118 Å². The van der Waals surface area contributed by atoms with Gasteiger partial charge in [0.15, 0.2) is 5.82 Å². The Morgan fingerprint density at radius 1 is 0.964 bits per heavy atom. The molecule has 2 aliphatic rings. The van der Waals surface area contributed by atoms with Gasteiger partial charge in [-0.3, -0.25) is 0 Å². The number of halogens is 2. The normalized spacial score (nSPS) is 18.0. The molecule has 0 saturated carbocycles. The number of piperazine rings is 1. The van der Waals surface area contributed by atoms with Crippen LogP contribution in [0.25, 0.3) is 11.4 Å². The molecular weight excluding hydrogens is 372 g/mol. The lowest BCUT2D eigenvalue weighted by atomic mass is 10.2. The maximum atomic E-state index is 13.5. The third kappa shape index (κ3) is 3.92. The Labute approximate surface area is 160 Å². The molecule has 2 aromatic heterocycles. The van der Waals surface area contributed by atoms with Gasteiger partial charge in [-0.25, -0.2) is 18.7 Å². The number of nitrogens with one attached hydrogen (secondary N) is 1. The zero-order valence-corrected chi connectivity index (χ0v) is 15.2. The molecule has 0 unspecified atom stereocenters. The molecule has 0 aromatic carbocycles. The summed E-state index contributed by atoms with van der Waals surface area (Å²) >= 11 is 0. The fourth-order valence-electron chi connectivity index (χ4n) is 3.13. The number of alkyl halides is 2. The highest BCUT2D eigenvalue weighted by Crippen LogP contribution is 2.29. The first-order valence-corrected chi connectivity index (χ1v) is 9.07. The van der Waals surface area contributed by atoms with Gasteiger partial charge in [0.1, 0.15) is 5.69 Å². The highest BCUT2D eigenvalue weighted by Gasteiger charge is 2.24. The molecule has 12 heteroatoms. The standard InChI is InChI=1S/C16H21F2N9O/c17-12(18)11-10(9-21-14(19)22-11)13-23-15(26-3-1-20-2-4-26)25-16(24-13)27-5-7-28-8-6-27/h9,12,20H,1-8H2,(H2,19,21,22). The van der Waals surface area contributed by atoms with Gasteiger partial charge in [-0.15, -0.1) is 0 Å². The SMILES string of the molecule is Nc1ncc(-c2nc(N3CCNCC3)nc(N3CCOCC3)n2)c(C(F)F)n1. The first-order chi connectivity index (χ1) is 13.6. The zero-order chi connectivity index (χ0) is 19.5. The molecule has 0 radical (unpaired) electrons. The average Bonchev–Trinajstić information content (AvgIpc) is 2.74. The second kappa shape index (κ2) is 8.10. The summed E-state index contributed by atoms with van der Waals surface area (Å²) in [4.78, 5) is 25.0. The van der Waals surface area contributed by atoms with E-state index in [9.17, 15) is 8.78 Å². The van der Waals surface area contributed by atoms with Crippen molar-refractivity contribution in [2.45, 2.75) is 6.43 Å². The number of nitrogen functional groups attached to an aromatic ring is 1. The van der Waals surface area contributed by atoms with E-state index in [2.05, 4.69) is 30.2 Å². The lowest BCUT2D eigenvalue weighted by Crippen LogP contribution is -2.44. The van der Waals surface area contributed by atoms with Crippen LogP contribution in [0.1, 0.15) is 12.1 Å². The van der Waals surface area contributed by atoms with Gasteiger partial charge in [0.25, 0.3) is 6.43 Å². The van der Waals surface area contributed by atoms with Crippen LogP contribution in [0.4, 0.5) is 26.6 Å². The van der Waals surface area contributed by atoms with E-state index in [0.717, 1.165) is 13.1 Å². The van der Waals surface area contributed by atoms with E-state index in [1.165, 1.54) is 6.20 Å². The molecule has 2 aliphatic heterocycles. The van der Waals surface area contributed by atoms with E-state index < -0.39 is 12.1 Å². The molecule has 4 heterocycles. The number of hydrogen-bond acceptors (Lipinski definition) is 10. The summed E-state index contributed by atoms with van der Waals surface area (Å²) in [6.45, 7) is 5.35. The van der Waals surface area contributed by atoms with Gasteiger partial charge in [0, 0.05) is 45.5 Å². The van der Waals surface area contributed by atoms with E-state index in [0.29, 0.717) is 51.3 Å². The molecule has 0 spiro atoms. The Kier molecular flexibility index (Phi) is 5.39. The number of hydrogen-bond donors (Lipinski definition) is 2. The van der Waals surface area contributed by atoms with E-state index >= 15 is 0 Å². The molecular formula is C16H21F2N9O. The minimum Gasteiger partial charge on any atom is -0.378 e. The fraction of sp³-hybridized carbons (Fsp3) is 0.562. The molecule has 2 fully saturated rings. The molecule has 0 atom stereocenters. The van der Waals surface area contributed by atoms with Crippen molar-refractivity contribution >= 4 is 17.8 Å². The Morgan fingerprint density at radius 3 is 2.25 bits per heavy atom. The molecule has 3 N–H and O–H groups in total. The second-order valence-electron chi connectivity index (χ2n) is 6.42. The Balaban J connectivity index is 1.79. The van der Waals surface area contributed by atoms with Crippen molar-refractivity contribution in [3.05, 3.63) is 11.9 Å². The Morgan fingerprint density at radius 2 is 1.61 bits per heavy atom. The largest absolute Gasteiger partial charge is 0.378 e. The van der Waals surface area contributed by atoms with Crippen molar-refractivity contribution < 1.29 is 13.5 Å². The highest BCUT2D eigenvalue weighted by molar-refractivity contribution is 5.61. The minimum atomic E-state index is -2.83. The molecule has 0 amide bonds. The van der Waals surface area contributed by atoms with Crippen LogP contribution in [-0.2, 0) is 4.74 Å². The van der Waals surface area contributed by atoms with Crippen LogP contribution in [0.15, 0.2) is 6.20 Å². The van der Waals surface area contributed by atoms with E-state index in [4.69, 9.17) is 10.5 Å². The van der Waals surface area contributed by atoms with Crippen LogP contribution in [0.5, 0.6) is 0 Å². The molecule has 28 heavy (non-hydrogen) atoms. The summed E-state index contributed by atoms with van der Waals surface area (Å²) < 4.78 is 32.5. The predicted molar refractivity (Wildman–Crippen MR) is 98.3 cm³/mol. The lowest BCUT2D eigenvalue weighted by molar-refractivity contribution is 0.122. The van der Waals surface area contributed by atoms with Gasteiger partial charge >= 0.3 is 0 Å². The van der Waals surface area contributed by atoms with Gasteiger partial charge in [-0.2, -0.15) is 15.0 Å². The molecule has 2 saturated heterocycles. The molecule has 0 bridgehead atoms. The maximum Gasteiger partial charge on any atom is 0.281 e. The molecule has 4 rings (SSSR count). The molecule has 150 valence electrons. The van der Waals surface area contributed by atoms with E-state index in [1.54, 1.807) is 0 Å². The summed E-state index contributed by atoms with van der Waals surface area (Å²) in [5.41, 5.74) is 5.06. The van der Waals surface area contributed by atoms with Crippen LogP contribution in [0, 0.1) is 0 Å². The van der Waals surface area contributed by atoms with Crippen molar-refractivity contribution in [3.8, 4) is 11.4 Å². The minimum absolute atomic E-state index is 0.0532. The Bertz CT molecular complexity index is 790. The summed E-state index contributed by atoms with van der Waals surface area (Å²) in [6.07, 6.45) is -1.59. The van der Waals surface area contributed by atoms with Gasteiger partial charge in [0.2, 0.25) is 17.8 Å². The summed E-state index contributed by atoms with van der Waals surface area (Å²) in [7, 11) is 0. The van der Waals surface area contributed by atoms with Crippen LogP contribution in [0.2, 0.25) is 0 Å². The number of rotatable bonds is 4. The number of anilines is 3. The Hall–Kier alpha value is -2.73. The maximum absolute atomic E-state index is 13.5. The van der Waals surface area contributed by atoms with E-state index in [-0.39, 0.29) is 17.3 Å². The third-order valence-corrected chi connectivity index (χ3v) is 4.59. The highest BCUT2D eigenvalue weighted by atomic mass is 19.3. The lowest BCUT2D eigenvalue weighted by Gasteiger charge is -2.30. The summed E-state index contributed by atoms with van der Waals surface area (Å²) in [5.74, 6) is 0.771. The smallest absolute Gasteiger partial charge is 0.281 e. The van der Waals surface area contributed by atoms with Crippen LogP contribution in [0.3, 0.4) is 0 Å². The van der Waals surface area contributed by atoms with Crippen molar-refractivity contribution in [1.29, 1.82) is 0 Å². The molecule has 0 aliphatic carbocycles. The summed E-state index contributed by atoms with van der Waals surface area (Å²) in [6, 6.07) is 0. The van der Waals surface area contributed by atoms with Crippen LogP contribution >= 0.6 is 0 Å². The van der Waals surface area contributed by atoms with Crippen LogP contribution in [-0.4, -0.2) is 77.4 Å². The van der Waals surface area contributed by atoms with Crippen molar-refractivity contribution in [2.24, 2.45) is 0 Å². The average molecular weight is 393 g/mol. The number of ether oxygens (including phenoxy) is 1. The molecule has 2 aromatic rings. The van der Waals surface area contributed by atoms with Gasteiger partial charge in [-0.1, -0.05) is 0 Å². The van der Waals surface area contributed by atoms with Gasteiger partial charge < -0.3 is 25.6 Å². The van der Waals surface area contributed by atoms with Gasteiger partial charge in [-0.05, 0) is 0 Å². The summed E-state index contributed by atoms with van der Waals surface area (Å²) in [5, 5.41) is 3.27. The second-order valence-corrected chi connectivity index (χ2v) is 6.42. The van der Waals surface area contributed by atoms with E-state index in [1.807, 2.05) is 9.80 Å². The fourth-order valence-corrected chi connectivity index (χ4v) is 3.13. The monoisotopic (exact) mass is 393 g/mol. The number of nitrogens with two attached hydrogens (primary N) is 1. The van der Waals surface area contributed by atoms with Crippen molar-refractivity contribution in [1.82, 2.24) is 30.2 Å². The first kappa shape index (κ1) is 18.6. The molecule has 10 nitrogen and oxygen atoms in total. The number of nitrogens with zero attached hydrogens (tertiary/aromatic N) is 7. The van der Waals surface area contributed by atoms with Gasteiger partial charge in [0.05, 0.1) is 18.8 Å². The number of aromatic nitrogens is 5. The zero-order valence-electron chi connectivity index (χ0n) is 15.2. The quantitative estimate of drug-likeness (QED) is 0.740. The predicted octanol–water partition coefficient (Wildman–Crippen LogP) is 0.0946. The number of morpholine rings is 1. The van der Waals surface area contributed by atoms with Crippen molar-refractivity contribution in [2.75, 3.05) is 68.0 Å². The van der Waals surface area contributed by atoms with Crippen molar-refractivity contribution in [3.63, 3.8) is 0 Å².